The van der Waals surface area contributed by atoms with Crippen molar-refractivity contribution in [2.24, 2.45) is 0 Å². The Bertz CT molecular complexity index is 1940. The van der Waals surface area contributed by atoms with E-state index in [1.54, 1.807) is 22.7 Å². The molecule has 0 saturated carbocycles. The SMILES string of the molecule is N#CC(C#N)=C1/C(=C/c2sc3cccc4c5csc6cccc(c2c34)c65)C(O)c2ccccc21. The molecule has 0 spiro atoms. The minimum atomic E-state index is -0.893. The number of aliphatic hydroxyl groups is 1. The van der Waals surface area contributed by atoms with Crippen molar-refractivity contribution in [1.82, 2.24) is 0 Å². The first-order valence-corrected chi connectivity index (χ1v) is 12.5. The zero-order valence-electron chi connectivity index (χ0n) is 17.7. The van der Waals surface area contributed by atoms with E-state index in [0.29, 0.717) is 11.1 Å². The van der Waals surface area contributed by atoms with Crippen molar-refractivity contribution < 1.29 is 5.11 Å². The van der Waals surface area contributed by atoms with Gasteiger partial charge in [-0.2, -0.15) is 10.5 Å². The zero-order valence-corrected chi connectivity index (χ0v) is 19.3. The molecule has 6 aromatic rings. The van der Waals surface area contributed by atoms with Gasteiger partial charge in [-0.1, -0.05) is 48.5 Å². The molecule has 2 heterocycles. The average molecular weight is 471 g/mol. The van der Waals surface area contributed by atoms with E-state index >= 15 is 0 Å². The molecule has 1 unspecified atom stereocenters. The maximum atomic E-state index is 11.3. The maximum Gasteiger partial charge on any atom is 0.137 e. The first-order valence-electron chi connectivity index (χ1n) is 10.8. The molecule has 0 amide bonds. The van der Waals surface area contributed by atoms with Crippen molar-refractivity contribution in [3.05, 3.63) is 93.2 Å². The van der Waals surface area contributed by atoms with E-state index in [4.69, 9.17) is 0 Å². The molecule has 7 rings (SSSR count). The van der Waals surface area contributed by atoms with Gasteiger partial charge in [0.25, 0.3) is 0 Å². The van der Waals surface area contributed by atoms with Crippen molar-refractivity contribution in [3.8, 4) is 12.1 Å². The van der Waals surface area contributed by atoms with Crippen LogP contribution in [0.1, 0.15) is 22.1 Å². The van der Waals surface area contributed by atoms with Gasteiger partial charge in [-0.05, 0) is 51.1 Å². The van der Waals surface area contributed by atoms with Gasteiger partial charge in [0.2, 0.25) is 0 Å². The second kappa shape index (κ2) is 7.00. The lowest BCUT2D eigenvalue weighted by atomic mass is 9.94. The van der Waals surface area contributed by atoms with Crippen LogP contribution in [0.3, 0.4) is 0 Å². The van der Waals surface area contributed by atoms with Gasteiger partial charge in [0, 0.05) is 41.4 Å². The summed E-state index contributed by atoms with van der Waals surface area (Å²) in [6.07, 6.45) is 1.10. The summed E-state index contributed by atoms with van der Waals surface area (Å²) in [6, 6.07) is 24.4. The molecule has 34 heavy (non-hydrogen) atoms. The fraction of sp³-hybridized carbons (Fsp3) is 0.0345. The fourth-order valence-corrected chi connectivity index (χ4v) is 7.57. The summed E-state index contributed by atoms with van der Waals surface area (Å²) in [7, 11) is 0. The van der Waals surface area contributed by atoms with E-state index in [-0.39, 0.29) is 5.57 Å². The second-order valence-electron chi connectivity index (χ2n) is 8.41. The minimum Gasteiger partial charge on any atom is -0.384 e. The summed E-state index contributed by atoms with van der Waals surface area (Å²) in [6.45, 7) is 0. The Balaban J connectivity index is 1.63. The van der Waals surface area contributed by atoms with E-state index < -0.39 is 6.10 Å². The Morgan fingerprint density at radius 2 is 1.59 bits per heavy atom. The van der Waals surface area contributed by atoms with Crippen LogP contribution in [-0.2, 0) is 0 Å². The molecule has 0 aliphatic heterocycles. The molecule has 5 heteroatoms. The normalized spacial score (nSPS) is 16.6. The average Bonchev–Trinajstić information content (AvgIpc) is 3.54. The van der Waals surface area contributed by atoms with Crippen molar-refractivity contribution in [2.75, 3.05) is 0 Å². The molecule has 0 radical (unpaired) electrons. The largest absolute Gasteiger partial charge is 0.384 e. The van der Waals surface area contributed by atoms with Crippen LogP contribution in [0.2, 0.25) is 0 Å². The quantitative estimate of drug-likeness (QED) is 0.197. The summed E-state index contributed by atoms with van der Waals surface area (Å²) in [5.74, 6) is 0. The molecular weight excluding hydrogens is 456 g/mol. The maximum absolute atomic E-state index is 11.3. The molecular formula is C29H14N2OS2. The number of benzene rings is 4. The summed E-state index contributed by atoms with van der Waals surface area (Å²) >= 11 is 3.45. The van der Waals surface area contributed by atoms with Crippen molar-refractivity contribution >= 4 is 76.0 Å². The van der Waals surface area contributed by atoms with Gasteiger partial charge in [-0.15, -0.1) is 22.7 Å². The number of nitriles is 2. The number of hydrogen-bond acceptors (Lipinski definition) is 5. The molecule has 1 atom stereocenters. The monoisotopic (exact) mass is 470 g/mol. The number of fused-ring (bicyclic) bond motifs is 3. The first kappa shape index (κ1) is 19.5. The van der Waals surface area contributed by atoms with Crippen molar-refractivity contribution in [3.63, 3.8) is 0 Å². The lowest BCUT2D eigenvalue weighted by Gasteiger charge is -2.09. The van der Waals surface area contributed by atoms with Crippen LogP contribution in [0.25, 0.3) is 53.4 Å². The molecule has 1 aliphatic rings. The van der Waals surface area contributed by atoms with Crippen LogP contribution < -0.4 is 0 Å². The van der Waals surface area contributed by atoms with E-state index in [0.717, 1.165) is 21.4 Å². The van der Waals surface area contributed by atoms with E-state index in [1.807, 2.05) is 42.5 Å². The molecule has 3 nitrogen and oxygen atoms in total. The van der Waals surface area contributed by atoms with Gasteiger partial charge in [0.05, 0.1) is 0 Å². The second-order valence-corrected chi connectivity index (χ2v) is 10.4. The van der Waals surface area contributed by atoms with E-state index in [9.17, 15) is 15.6 Å². The topological polar surface area (TPSA) is 67.8 Å². The predicted octanol–water partition coefficient (Wildman–Crippen LogP) is 7.79. The standard InChI is InChI=1S/C29H14N2OS2/c30-12-15(13-31)25-16-5-1-2-6-18(16)29(32)20(25)11-24-28-19-8-4-9-22-26(19)21(14-33-22)17-7-3-10-23(34-24)27(17)28/h1-11,14,29,32H/b20-11-. The van der Waals surface area contributed by atoms with Crippen molar-refractivity contribution in [2.45, 2.75) is 6.10 Å². The number of thiophene rings is 2. The fourth-order valence-electron chi connectivity index (χ4n) is 5.39. The minimum absolute atomic E-state index is 0.0212. The summed E-state index contributed by atoms with van der Waals surface area (Å²) in [5.41, 5.74) is 2.63. The Morgan fingerprint density at radius 1 is 0.824 bits per heavy atom. The van der Waals surface area contributed by atoms with Crippen LogP contribution in [-0.4, -0.2) is 5.11 Å². The van der Waals surface area contributed by atoms with Gasteiger partial charge < -0.3 is 5.11 Å². The zero-order chi connectivity index (χ0) is 23.0. The molecule has 158 valence electrons. The molecule has 0 fully saturated rings. The number of rotatable bonds is 1. The van der Waals surface area contributed by atoms with Gasteiger partial charge >= 0.3 is 0 Å². The van der Waals surface area contributed by atoms with Crippen LogP contribution in [0.5, 0.6) is 0 Å². The molecule has 0 saturated heterocycles. The number of aliphatic hydroxyl groups excluding tert-OH is 1. The lowest BCUT2D eigenvalue weighted by molar-refractivity contribution is 0.226. The Morgan fingerprint density at radius 3 is 2.41 bits per heavy atom. The highest BCUT2D eigenvalue weighted by molar-refractivity contribution is 7.21. The van der Waals surface area contributed by atoms with Crippen LogP contribution >= 0.6 is 22.7 Å². The van der Waals surface area contributed by atoms with E-state index in [1.165, 1.54) is 36.3 Å². The Labute approximate surface area is 202 Å². The van der Waals surface area contributed by atoms with Gasteiger partial charge in [0.15, 0.2) is 0 Å². The lowest BCUT2D eigenvalue weighted by Crippen LogP contribution is -1.94. The summed E-state index contributed by atoms with van der Waals surface area (Å²) < 4.78 is 2.44. The molecule has 1 N–H and O–H groups in total. The molecule has 4 aromatic carbocycles. The smallest absolute Gasteiger partial charge is 0.137 e. The van der Waals surface area contributed by atoms with Crippen LogP contribution in [0.4, 0.5) is 0 Å². The first-order chi connectivity index (χ1) is 16.7. The third-order valence-electron chi connectivity index (χ3n) is 6.77. The third-order valence-corrected chi connectivity index (χ3v) is 8.82. The highest BCUT2D eigenvalue weighted by Gasteiger charge is 2.33. The summed E-state index contributed by atoms with van der Waals surface area (Å²) in [4.78, 5) is 1.03. The van der Waals surface area contributed by atoms with Gasteiger partial charge in [0.1, 0.15) is 23.8 Å². The van der Waals surface area contributed by atoms with Crippen LogP contribution in [0, 0.1) is 22.7 Å². The summed E-state index contributed by atoms with van der Waals surface area (Å²) in [5, 5.41) is 40.3. The molecule has 2 aromatic heterocycles. The van der Waals surface area contributed by atoms with Crippen LogP contribution in [0.15, 0.2) is 77.2 Å². The predicted molar refractivity (Wildman–Crippen MR) is 141 cm³/mol. The van der Waals surface area contributed by atoms with Crippen molar-refractivity contribution in [1.29, 1.82) is 10.5 Å². The highest BCUT2D eigenvalue weighted by Crippen LogP contribution is 2.50. The van der Waals surface area contributed by atoms with E-state index in [2.05, 4.69) is 41.8 Å². The number of allylic oxidation sites excluding steroid dienone is 1. The van der Waals surface area contributed by atoms with Gasteiger partial charge in [-0.25, -0.2) is 0 Å². The third kappa shape index (κ3) is 2.41. The van der Waals surface area contributed by atoms with Gasteiger partial charge in [-0.3, -0.25) is 0 Å². The Hall–Kier alpha value is -4.00. The Kier molecular flexibility index (Phi) is 4.01. The number of nitrogens with zero attached hydrogens (tertiary/aromatic N) is 2. The highest BCUT2D eigenvalue weighted by atomic mass is 32.1. The number of hydrogen-bond donors (Lipinski definition) is 1. The molecule has 0 bridgehead atoms. The molecule has 1 aliphatic carbocycles.